The van der Waals surface area contributed by atoms with Gasteiger partial charge in [0.2, 0.25) is 5.91 Å². The number of methoxy groups -OCH3 is 1. The third-order valence-corrected chi connectivity index (χ3v) is 4.10. The molecule has 4 heteroatoms. The first-order valence-corrected chi connectivity index (χ1v) is 7.86. The molecule has 4 nitrogen and oxygen atoms in total. The third kappa shape index (κ3) is 4.74. The van der Waals surface area contributed by atoms with Crippen molar-refractivity contribution >= 4 is 5.91 Å². The number of piperazine rings is 1. The molecule has 1 aromatic rings. The van der Waals surface area contributed by atoms with Crippen LogP contribution in [0.4, 0.5) is 0 Å². The van der Waals surface area contributed by atoms with Gasteiger partial charge in [-0.05, 0) is 37.1 Å². The average Bonchev–Trinajstić information content (AvgIpc) is 2.55. The summed E-state index contributed by atoms with van der Waals surface area (Å²) in [6.45, 7) is 6.81. The van der Waals surface area contributed by atoms with E-state index in [9.17, 15) is 4.79 Å². The zero-order chi connectivity index (χ0) is 15.1. The van der Waals surface area contributed by atoms with E-state index in [2.05, 4.69) is 17.0 Å². The molecule has 1 fully saturated rings. The van der Waals surface area contributed by atoms with Crippen LogP contribution in [0.3, 0.4) is 0 Å². The lowest BCUT2D eigenvalue weighted by atomic mass is 10.1. The second kappa shape index (κ2) is 8.03. The monoisotopic (exact) mass is 290 g/mol. The van der Waals surface area contributed by atoms with Crippen LogP contribution in [0.15, 0.2) is 24.3 Å². The summed E-state index contributed by atoms with van der Waals surface area (Å²) in [5.41, 5.74) is 1.33. The number of amides is 1. The van der Waals surface area contributed by atoms with Crippen molar-refractivity contribution in [2.75, 3.05) is 39.8 Å². The Morgan fingerprint density at radius 1 is 1.24 bits per heavy atom. The van der Waals surface area contributed by atoms with Gasteiger partial charge in [-0.3, -0.25) is 9.69 Å². The number of nitrogens with zero attached hydrogens (tertiary/aromatic N) is 2. The minimum atomic E-state index is 0.283. The van der Waals surface area contributed by atoms with Crippen LogP contribution in [0.25, 0.3) is 0 Å². The molecule has 0 aromatic heterocycles. The third-order valence-electron chi connectivity index (χ3n) is 4.10. The summed E-state index contributed by atoms with van der Waals surface area (Å²) in [5, 5.41) is 0. The zero-order valence-electron chi connectivity index (χ0n) is 13.2. The first-order valence-electron chi connectivity index (χ1n) is 7.86. The molecular weight excluding hydrogens is 264 g/mol. The Hall–Kier alpha value is -1.55. The van der Waals surface area contributed by atoms with Crippen LogP contribution in [-0.4, -0.2) is 55.5 Å². The molecule has 1 aliphatic heterocycles. The van der Waals surface area contributed by atoms with E-state index in [1.807, 2.05) is 24.0 Å². The highest BCUT2D eigenvalue weighted by molar-refractivity contribution is 5.75. The van der Waals surface area contributed by atoms with Gasteiger partial charge in [-0.25, -0.2) is 0 Å². The molecule has 0 unspecified atom stereocenters. The van der Waals surface area contributed by atoms with Gasteiger partial charge in [0, 0.05) is 32.6 Å². The summed E-state index contributed by atoms with van der Waals surface area (Å²) in [7, 11) is 1.70. The molecule has 1 saturated heterocycles. The molecule has 0 N–H and O–H groups in total. The molecule has 116 valence electrons. The van der Waals surface area contributed by atoms with Crippen molar-refractivity contribution in [1.29, 1.82) is 0 Å². The summed E-state index contributed by atoms with van der Waals surface area (Å²) in [6.07, 6.45) is 2.84. The highest BCUT2D eigenvalue weighted by Crippen LogP contribution is 2.14. The molecule has 0 spiro atoms. The molecule has 0 atom stereocenters. The highest BCUT2D eigenvalue weighted by Gasteiger charge is 2.19. The molecule has 0 aliphatic carbocycles. The molecule has 0 bridgehead atoms. The van der Waals surface area contributed by atoms with E-state index < -0.39 is 0 Å². The quantitative estimate of drug-likeness (QED) is 0.805. The Bertz CT molecular complexity index is 454. The van der Waals surface area contributed by atoms with Crippen molar-refractivity contribution in [3.05, 3.63) is 29.8 Å². The summed E-state index contributed by atoms with van der Waals surface area (Å²) >= 11 is 0. The van der Waals surface area contributed by atoms with E-state index in [1.54, 1.807) is 7.11 Å². The number of hydrogen-bond donors (Lipinski definition) is 0. The predicted octanol–water partition coefficient (Wildman–Crippen LogP) is 2.18. The largest absolute Gasteiger partial charge is 0.497 e. The first kappa shape index (κ1) is 15.8. The molecule has 1 aromatic carbocycles. The lowest BCUT2D eigenvalue weighted by Crippen LogP contribution is -2.48. The van der Waals surface area contributed by atoms with Crippen LogP contribution in [0, 0.1) is 0 Å². The van der Waals surface area contributed by atoms with Crippen LogP contribution < -0.4 is 4.74 Å². The molecule has 2 rings (SSSR count). The van der Waals surface area contributed by atoms with E-state index in [4.69, 9.17) is 4.74 Å². The van der Waals surface area contributed by atoms with Gasteiger partial charge >= 0.3 is 0 Å². The average molecular weight is 290 g/mol. The maximum atomic E-state index is 11.6. The van der Waals surface area contributed by atoms with E-state index in [0.29, 0.717) is 6.42 Å². The van der Waals surface area contributed by atoms with Crippen LogP contribution in [-0.2, 0) is 11.2 Å². The van der Waals surface area contributed by atoms with Crippen LogP contribution in [0.2, 0.25) is 0 Å². The molecule has 1 heterocycles. The Balaban J connectivity index is 1.69. The van der Waals surface area contributed by atoms with E-state index in [-0.39, 0.29) is 5.91 Å². The second-order valence-corrected chi connectivity index (χ2v) is 5.53. The first-order chi connectivity index (χ1) is 10.2. The van der Waals surface area contributed by atoms with Crippen molar-refractivity contribution in [2.24, 2.45) is 0 Å². The lowest BCUT2D eigenvalue weighted by molar-refractivity contribution is -0.132. The molecular formula is C17H26N2O2. The number of benzene rings is 1. The van der Waals surface area contributed by atoms with Gasteiger partial charge in [0.15, 0.2) is 0 Å². The number of carbonyl (C=O) groups is 1. The van der Waals surface area contributed by atoms with Crippen molar-refractivity contribution in [3.8, 4) is 5.75 Å². The Morgan fingerprint density at radius 3 is 2.67 bits per heavy atom. The summed E-state index contributed by atoms with van der Waals surface area (Å²) in [6, 6.07) is 8.29. The summed E-state index contributed by atoms with van der Waals surface area (Å²) in [4.78, 5) is 16.1. The smallest absolute Gasteiger partial charge is 0.222 e. The maximum Gasteiger partial charge on any atom is 0.222 e. The standard InChI is InChI=1S/C17H26N2O2/c1-3-17(20)19-12-10-18(11-13-19)9-5-7-15-6-4-8-16(14-15)21-2/h4,6,8,14H,3,5,7,9-13H2,1-2H3. The number of hydrogen-bond acceptors (Lipinski definition) is 3. The van der Waals surface area contributed by atoms with Gasteiger partial charge in [-0.15, -0.1) is 0 Å². The van der Waals surface area contributed by atoms with Crippen molar-refractivity contribution in [2.45, 2.75) is 26.2 Å². The van der Waals surface area contributed by atoms with Crippen LogP contribution in [0.1, 0.15) is 25.3 Å². The van der Waals surface area contributed by atoms with Gasteiger partial charge in [-0.2, -0.15) is 0 Å². The maximum absolute atomic E-state index is 11.6. The topological polar surface area (TPSA) is 32.8 Å². The minimum Gasteiger partial charge on any atom is -0.497 e. The van der Waals surface area contributed by atoms with E-state index in [1.165, 1.54) is 5.56 Å². The van der Waals surface area contributed by atoms with Gasteiger partial charge in [0.1, 0.15) is 5.75 Å². The number of ether oxygens (including phenoxy) is 1. The fourth-order valence-electron chi connectivity index (χ4n) is 2.78. The summed E-state index contributed by atoms with van der Waals surface area (Å²) in [5.74, 6) is 1.21. The van der Waals surface area contributed by atoms with Crippen molar-refractivity contribution < 1.29 is 9.53 Å². The number of aryl methyl sites for hydroxylation is 1. The van der Waals surface area contributed by atoms with Gasteiger partial charge < -0.3 is 9.64 Å². The number of carbonyl (C=O) groups excluding carboxylic acids is 1. The normalized spacial score (nSPS) is 16.0. The van der Waals surface area contributed by atoms with Gasteiger partial charge in [0.05, 0.1) is 7.11 Å². The molecule has 0 radical (unpaired) electrons. The highest BCUT2D eigenvalue weighted by atomic mass is 16.5. The molecule has 1 amide bonds. The van der Waals surface area contributed by atoms with E-state index in [0.717, 1.165) is 51.3 Å². The Morgan fingerprint density at radius 2 is 2.00 bits per heavy atom. The fourth-order valence-corrected chi connectivity index (χ4v) is 2.78. The van der Waals surface area contributed by atoms with E-state index >= 15 is 0 Å². The van der Waals surface area contributed by atoms with Gasteiger partial charge in [-0.1, -0.05) is 19.1 Å². The van der Waals surface area contributed by atoms with Crippen LogP contribution >= 0.6 is 0 Å². The zero-order valence-corrected chi connectivity index (χ0v) is 13.2. The Labute approximate surface area is 127 Å². The van der Waals surface area contributed by atoms with Crippen LogP contribution in [0.5, 0.6) is 5.75 Å². The van der Waals surface area contributed by atoms with Crippen molar-refractivity contribution in [3.63, 3.8) is 0 Å². The minimum absolute atomic E-state index is 0.283. The molecule has 1 aliphatic rings. The number of rotatable bonds is 6. The molecule has 0 saturated carbocycles. The Kier molecular flexibility index (Phi) is 6.05. The lowest BCUT2D eigenvalue weighted by Gasteiger charge is -2.34. The SMILES string of the molecule is CCC(=O)N1CCN(CCCc2cccc(OC)c2)CC1. The van der Waals surface area contributed by atoms with Gasteiger partial charge in [0.25, 0.3) is 0 Å². The fraction of sp³-hybridized carbons (Fsp3) is 0.588. The summed E-state index contributed by atoms with van der Waals surface area (Å²) < 4.78 is 5.25. The van der Waals surface area contributed by atoms with Crippen molar-refractivity contribution in [1.82, 2.24) is 9.80 Å². The molecule has 21 heavy (non-hydrogen) atoms. The predicted molar refractivity (Wildman–Crippen MR) is 84.6 cm³/mol. The second-order valence-electron chi connectivity index (χ2n) is 5.53.